The van der Waals surface area contributed by atoms with Crippen molar-refractivity contribution in [2.24, 2.45) is 0 Å². The van der Waals surface area contributed by atoms with Gasteiger partial charge in [-0.2, -0.15) is 0 Å². The number of carbonyl (C=O) groups is 2. The maximum Gasteiger partial charge on any atom is 0.319 e. The third-order valence-corrected chi connectivity index (χ3v) is 5.07. The van der Waals surface area contributed by atoms with Crippen LogP contribution < -0.4 is 5.32 Å². The highest BCUT2D eigenvalue weighted by Gasteiger charge is 2.31. The summed E-state index contributed by atoms with van der Waals surface area (Å²) in [6, 6.07) is 7.27. The minimum absolute atomic E-state index is 0.00297. The predicted octanol–water partition coefficient (Wildman–Crippen LogP) is 1.53. The third kappa shape index (κ3) is 3.89. The molecule has 3 amide bonds. The van der Waals surface area contributed by atoms with Gasteiger partial charge in [-0.15, -0.1) is 10.2 Å². The number of likely N-dealkylation sites (tertiary alicyclic amines) is 1. The Morgan fingerprint density at radius 2 is 2.10 bits per heavy atom. The van der Waals surface area contributed by atoms with Crippen LogP contribution in [-0.2, 0) is 6.54 Å². The molecule has 1 aliphatic heterocycles. The largest absolute Gasteiger partial charge is 0.348 e. The van der Waals surface area contributed by atoms with Gasteiger partial charge in [-0.05, 0) is 30.2 Å². The van der Waals surface area contributed by atoms with Gasteiger partial charge in [0.05, 0.1) is 5.56 Å². The number of amides is 3. The Balaban J connectivity index is 1.51. The quantitative estimate of drug-likeness (QED) is 0.725. The fourth-order valence-corrected chi connectivity index (χ4v) is 3.54. The molecule has 4 heterocycles. The van der Waals surface area contributed by atoms with Crippen molar-refractivity contribution in [3.05, 3.63) is 59.8 Å². The fourth-order valence-electron chi connectivity index (χ4n) is 3.54. The Morgan fingerprint density at radius 1 is 1.24 bits per heavy atom. The van der Waals surface area contributed by atoms with Crippen LogP contribution in [0.15, 0.2) is 42.9 Å². The number of hydrogen-bond acceptors (Lipinski definition) is 5. The van der Waals surface area contributed by atoms with Gasteiger partial charge in [0.2, 0.25) is 0 Å². The van der Waals surface area contributed by atoms with E-state index in [0.717, 1.165) is 17.8 Å². The maximum absolute atomic E-state index is 12.6. The molecule has 150 valence electrons. The summed E-state index contributed by atoms with van der Waals surface area (Å²) >= 11 is 0. The van der Waals surface area contributed by atoms with Gasteiger partial charge < -0.3 is 15.1 Å². The number of rotatable bonds is 4. The second-order valence-electron chi connectivity index (χ2n) is 7.36. The van der Waals surface area contributed by atoms with Crippen molar-refractivity contribution in [3.63, 3.8) is 0 Å². The zero-order valence-electron chi connectivity index (χ0n) is 16.4. The van der Waals surface area contributed by atoms with Crippen LogP contribution in [0.3, 0.4) is 0 Å². The van der Waals surface area contributed by atoms with Crippen molar-refractivity contribution in [1.29, 1.82) is 0 Å². The van der Waals surface area contributed by atoms with E-state index in [2.05, 4.69) is 20.5 Å². The summed E-state index contributed by atoms with van der Waals surface area (Å²) in [5, 5.41) is 11.5. The molecule has 0 saturated carbocycles. The van der Waals surface area contributed by atoms with E-state index in [4.69, 9.17) is 0 Å². The summed E-state index contributed by atoms with van der Waals surface area (Å²) in [7, 11) is 3.50. The SMILES string of the molecule is CN(C)C(=O)N1CC[C@H](c2nnc3ccc(C(=O)NCc4cccnc4)cn23)C1. The Morgan fingerprint density at radius 3 is 2.86 bits per heavy atom. The molecule has 1 saturated heterocycles. The lowest BCUT2D eigenvalue weighted by atomic mass is 10.1. The first-order chi connectivity index (χ1) is 14.0. The smallest absolute Gasteiger partial charge is 0.319 e. The average Bonchev–Trinajstić information content (AvgIpc) is 3.38. The van der Waals surface area contributed by atoms with Crippen LogP contribution >= 0.6 is 0 Å². The van der Waals surface area contributed by atoms with Gasteiger partial charge in [0, 0.05) is 58.2 Å². The molecule has 3 aromatic heterocycles. The molecule has 0 unspecified atom stereocenters. The molecule has 0 aliphatic carbocycles. The van der Waals surface area contributed by atoms with Crippen LogP contribution in [0, 0.1) is 0 Å². The molecule has 4 rings (SSSR count). The van der Waals surface area contributed by atoms with Crippen LogP contribution in [-0.4, -0.2) is 68.5 Å². The van der Waals surface area contributed by atoms with Crippen molar-refractivity contribution >= 4 is 17.6 Å². The number of nitrogens with zero attached hydrogens (tertiary/aromatic N) is 6. The minimum Gasteiger partial charge on any atom is -0.348 e. The van der Waals surface area contributed by atoms with Crippen molar-refractivity contribution < 1.29 is 9.59 Å². The predicted molar refractivity (Wildman–Crippen MR) is 106 cm³/mol. The summed E-state index contributed by atoms with van der Waals surface area (Å²) < 4.78 is 1.85. The van der Waals surface area contributed by atoms with Gasteiger partial charge >= 0.3 is 6.03 Å². The highest BCUT2D eigenvalue weighted by molar-refractivity contribution is 5.94. The molecule has 9 nitrogen and oxygen atoms in total. The van der Waals surface area contributed by atoms with Gasteiger partial charge in [-0.3, -0.25) is 14.2 Å². The molecule has 1 aliphatic rings. The van der Waals surface area contributed by atoms with Crippen molar-refractivity contribution in [1.82, 2.24) is 34.7 Å². The Hall–Kier alpha value is -3.49. The number of pyridine rings is 2. The number of nitrogens with one attached hydrogen (secondary N) is 1. The molecule has 3 aromatic rings. The lowest BCUT2D eigenvalue weighted by Gasteiger charge is -2.21. The number of carbonyl (C=O) groups excluding carboxylic acids is 2. The fraction of sp³-hybridized carbons (Fsp3) is 0.350. The molecule has 0 aromatic carbocycles. The highest BCUT2D eigenvalue weighted by atomic mass is 16.2. The molecule has 1 atom stereocenters. The summed E-state index contributed by atoms with van der Waals surface area (Å²) in [6.45, 7) is 1.68. The van der Waals surface area contributed by atoms with Crippen LogP contribution in [0.4, 0.5) is 4.79 Å². The van der Waals surface area contributed by atoms with Crippen LogP contribution in [0.1, 0.15) is 34.1 Å². The van der Waals surface area contributed by atoms with Crippen molar-refractivity contribution in [2.75, 3.05) is 27.2 Å². The topological polar surface area (TPSA) is 95.7 Å². The Kier molecular flexibility index (Phi) is 5.11. The Labute approximate surface area is 168 Å². The molecular weight excluding hydrogens is 370 g/mol. The van der Waals surface area contributed by atoms with E-state index in [1.54, 1.807) is 49.7 Å². The van der Waals surface area contributed by atoms with E-state index in [9.17, 15) is 9.59 Å². The zero-order valence-corrected chi connectivity index (χ0v) is 16.4. The second-order valence-corrected chi connectivity index (χ2v) is 7.36. The second kappa shape index (κ2) is 7.86. The highest BCUT2D eigenvalue weighted by Crippen LogP contribution is 2.27. The van der Waals surface area contributed by atoms with E-state index in [-0.39, 0.29) is 17.9 Å². The molecular formula is C20H23N7O2. The monoisotopic (exact) mass is 393 g/mol. The first-order valence-corrected chi connectivity index (χ1v) is 9.51. The van der Waals surface area contributed by atoms with Crippen LogP contribution in [0.5, 0.6) is 0 Å². The molecule has 0 spiro atoms. The molecule has 29 heavy (non-hydrogen) atoms. The summed E-state index contributed by atoms with van der Waals surface area (Å²) in [5.41, 5.74) is 2.14. The summed E-state index contributed by atoms with van der Waals surface area (Å²) in [6.07, 6.45) is 6.00. The first kappa shape index (κ1) is 18.9. The van der Waals surface area contributed by atoms with Crippen LogP contribution in [0.25, 0.3) is 5.65 Å². The van der Waals surface area contributed by atoms with E-state index >= 15 is 0 Å². The van der Waals surface area contributed by atoms with E-state index < -0.39 is 0 Å². The summed E-state index contributed by atoms with van der Waals surface area (Å²) in [5.74, 6) is 0.685. The summed E-state index contributed by atoms with van der Waals surface area (Å²) in [4.78, 5) is 32.2. The van der Waals surface area contributed by atoms with Crippen molar-refractivity contribution in [3.8, 4) is 0 Å². The van der Waals surface area contributed by atoms with Crippen LogP contribution in [0.2, 0.25) is 0 Å². The Bertz CT molecular complexity index is 1030. The van der Waals surface area contributed by atoms with E-state index in [1.165, 1.54) is 0 Å². The number of urea groups is 1. The van der Waals surface area contributed by atoms with Gasteiger partial charge in [-0.25, -0.2) is 4.79 Å². The first-order valence-electron chi connectivity index (χ1n) is 9.51. The normalized spacial score (nSPS) is 16.2. The van der Waals surface area contributed by atoms with E-state index in [1.807, 2.05) is 21.4 Å². The zero-order chi connectivity index (χ0) is 20.4. The molecule has 0 radical (unpaired) electrons. The standard InChI is InChI=1S/C20H23N7O2/c1-25(2)20(29)26-9-7-15(12-26)18-24-23-17-6-5-16(13-27(17)18)19(28)22-11-14-4-3-8-21-10-14/h3-6,8,10,13,15H,7,9,11-12H2,1-2H3,(H,22,28)/t15-/m0/s1. The lowest BCUT2D eigenvalue weighted by molar-refractivity contribution is 0.0950. The third-order valence-electron chi connectivity index (χ3n) is 5.07. The van der Waals surface area contributed by atoms with Gasteiger partial charge in [0.1, 0.15) is 5.82 Å². The molecule has 9 heteroatoms. The number of hydrogen-bond donors (Lipinski definition) is 1. The molecule has 1 fully saturated rings. The van der Waals surface area contributed by atoms with Crippen molar-refractivity contribution in [2.45, 2.75) is 18.9 Å². The number of fused-ring (bicyclic) bond motifs is 1. The van der Waals surface area contributed by atoms with Gasteiger partial charge in [0.25, 0.3) is 5.91 Å². The molecule has 0 bridgehead atoms. The average molecular weight is 393 g/mol. The van der Waals surface area contributed by atoms with Gasteiger partial charge in [-0.1, -0.05) is 6.07 Å². The van der Waals surface area contributed by atoms with Gasteiger partial charge in [0.15, 0.2) is 5.65 Å². The van der Waals surface area contributed by atoms with E-state index in [0.29, 0.717) is 30.8 Å². The minimum atomic E-state index is -0.175. The number of aromatic nitrogens is 4. The lowest BCUT2D eigenvalue weighted by Crippen LogP contribution is -2.37. The maximum atomic E-state index is 12.6. The molecule has 1 N–H and O–H groups in total.